The van der Waals surface area contributed by atoms with E-state index >= 15 is 0 Å². The molecule has 0 radical (unpaired) electrons. The van der Waals surface area contributed by atoms with Gasteiger partial charge in [0.1, 0.15) is 0 Å². The van der Waals surface area contributed by atoms with E-state index in [4.69, 9.17) is 0 Å². The standard InChI is InChI=1S/C12H24N2O/c1-10(2)9-13-12(15)8-11-4-6-14(3)7-5-11/h10-11H,4-9H2,1-3H3,(H,13,15). The number of hydrogen-bond donors (Lipinski definition) is 1. The number of amides is 1. The van der Waals surface area contributed by atoms with Crippen molar-refractivity contribution >= 4 is 5.91 Å². The Morgan fingerprint density at radius 2 is 2.00 bits per heavy atom. The minimum absolute atomic E-state index is 0.234. The first-order valence-corrected chi connectivity index (χ1v) is 6.03. The van der Waals surface area contributed by atoms with Gasteiger partial charge in [-0.1, -0.05) is 13.8 Å². The van der Waals surface area contributed by atoms with Gasteiger partial charge in [-0.3, -0.25) is 4.79 Å². The highest BCUT2D eigenvalue weighted by Gasteiger charge is 2.19. The van der Waals surface area contributed by atoms with Crippen LogP contribution in [0.15, 0.2) is 0 Å². The number of likely N-dealkylation sites (tertiary alicyclic amines) is 1. The second-order valence-corrected chi connectivity index (χ2v) is 5.15. The van der Waals surface area contributed by atoms with Gasteiger partial charge in [-0.25, -0.2) is 0 Å². The maximum atomic E-state index is 11.6. The lowest BCUT2D eigenvalue weighted by atomic mass is 9.93. The van der Waals surface area contributed by atoms with Crippen molar-refractivity contribution in [3.63, 3.8) is 0 Å². The van der Waals surface area contributed by atoms with E-state index in [1.165, 1.54) is 12.8 Å². The summed E-state index contributed by atoms with van der Waals surface area (Å²) in [5.74, 6) is 1.39. The number of carbonyl (C=O) groups is 1. The van der Waals surface area contributed by atoms with Gasteiger partial charge in [0.25, 0.3) is 0 Å². The molecule has 1 saturated heterocycles. The summed E-state index contributed by atoms with van der Waals surface area (Å²) in [6.45, 7) is 7.33. The molecule has 0 aliphatic carbocycles. The molecule has 1 heterocycles. The van der Waals surface area contributed by atoms with E-state index in [2.05, 4.69) is 31.1 Å². The number of carbonyl (C=O) groups excluding carboxylic acids is 1. The molecule has 1 fully saturated rings. The molecule has 0 unspecified atom stereocenters. The second kappa shape index (κ2) is 6.11. The molecular weight excluding hydrogens is 188 g/mol. The molecule has 15 heavy (non-hydrogen) atoms. The zero-order valence-electron chi connectivity index (χ0n) is 10.3. The Balaban J connectivity index is 2.15. The first-order valence-electron chi connectivity index (χ1n) is 6.03. The first kappa shape index (κ1) is 12.5. The van der Waals surface area contributed by atoms with Crippen LogP contribution in [0, 0.1) is 11.8 Å². The van der Waals surface area contributed by atoms with Crippen LogP contribution in [0.3, 0.4) is 0 Å². The summed E-state index contributed by atoms with van der Waals surface area (Å²) < 4.78 is 0. The van der Waals surface area contributed by atoms with Gasteiger partial charge >= 0.3 is 0 Å². The van der Waals surface area contributed by atoms with Crippen LogP contribution < -0.4 is 5.32 Å². The summed E-state index contributed by atoms with van der Waals surface area (Å²) in [5, 5.41) is 2.99. The molecule has 0 spiro atoms. The molecule has 0 bridgehead atoms. The Hall–Kier alpha value is -0.570. The number of nitrogens with zero attached hydrogens (tertiary/aromatic N) is 1. The molecule has 1 rings (SSSR count). The van der Waals surface area contributed by atoms with Crippen molar-refractivity contribution in [3.8, 4) is 0 Å². The third-order valence-electron chi connectivity index (χ3n) is 3.02. The van der Waals surface area contributed by atoms with Crippen molar-refractivity contribution in [2.45, 2.75) is 33.1 Å². The highest BCUT2D eigenvalue weighted by molar-refractivity contribution is 5.76. The number of piperidine rings is 1. The minimum Gasteiger partial charge on any atom is -0.356 e. The second-order valence-electron chi connectivity index (χ2n) is 5.15. The van der Waals surface area contributed by atoms with Crippen LogP contribution in [0.4, 0.5) is 0 Å². The van der Waals surface area contributed by atoms with E-state index in [1.54, 1.807) is 0 Å². The molecule has 1 aliphatic heterocycles. The molecule has 1 amide bonds. The van der Waals surface area contributed by atoms with Crippen molar-refractivity contribution < 1.29 is 4.79 Å². The van der Waals surface area contributed by atoms with Crippen LogP contribution in [0.2, 0.25) is 0 Å². The molecule has 0 atom stereocenters. The van der Waals surface area contributed by atoms with Gasteiger partial charge in [-0.05, 0) is 44.8 Å². The smallest absolute Gasteiger partial charge is 0.220 e. The van der Waals surface area contributed by atoms with Crippen molar-refractivity contribution in [1.29, 1.82) is 0 Å². The maximum Gasteiger partial charge on any atom is 0.220 e. The van der Waals surface area contributed by atoms with Gasteiger partial charge in [0.15, 0.2) is 0 Å². The zero-order chi connectivity index (χ0) is 11.3. The van der Waals surface area contributed by atoms with Gasteiger partial charge < -0.3 is 10.2 Å². The predicted octanol–water partition coefficient (Wildman–Crippen LogP) is 1.49. The average Bonchev–Trinajstić information content (AvgIpc) is 2.19. The Labute approximate surface area is 93.2 Å². The van der Waals surface area contributed by atoms with Crippen molar-refractivity contribution in [3.05, 3.63) is 0 Å². The van der Waals surface area contributed by atoms with E-state index in [0.29, 0.717) is 11.8 Å². The largest absolute Gasteiger partial charge is 0.356 e. The van der Waals surface area contributed by atoms with E-state index < -0.39 is 0 Å². The normalized spacial score (nSPS) is 19.5. The molecule has 1 aliphatic rings. The van der Waals surface area contributed by atoms with E-state index in [0.717, 1.165) is 26.1 Å². The van der Waals surface area contributed by atoms with Gasteiger partial charge in [0, 0.05) is 13.0 Å². The van der Waals surface area contributed by atoms with Crippen molar-refractivity contribution in [1.82, 2.24) is 10.2 Å². The number of rotatable bonds is 4. The zero-order valence-corrected chi connectivity index (χ0v) is 10.3. The van der Waals surface area contributed by atoms with Crippen LogP contribution in [-0.2, 0) is 4.79 Å². The summed E-state index contributed by atoms with van der Waals surface area (Å²) >= 11 is 0. The van der Waals surface area contributed by atoms with Crippen molar-refractivity contribution in [2.75, 3.05) is 26.7 Å². The lowest BCUT2D eigenvalue weighted by Crippen LogP contribution is -2.34. The summed E-state index contributed by atoms with van der Waals surface area (Å²) in [7, 11) is 2.15. The molecule has 0 aromatic heterocycles. The van der Waals surface area contributed by atoms with Gasteiger partial charge in [0.05, 0.1) is 0 Å². The molecule has 0 aromatic carbocycles. The molecule has 0 aromatic rings. The summed E-state index contributed by atoms with van der Waals surface area (Å²) in [5.41, 5.74) is 0. The third kappa shape index (κ3) is 5.17. The predicted molar refractivity (Wildman–Crippen MR) is 62.7 cm³/mol. The van der Waals surface area contributed by atoms with Gasteiger partial charge in [-0.2, -0.15) is 0 Å². The van der Waals surface area contributed by atoms with Crippen molar-refractivity contribution in [2.24, 2.45) is 11.8 Å². The highest BCUT2D eigenvalue weighted by Crippen LogP contribution is 2.19. The lowest BCUT2D eigenvalue weighted by molar-refractivity contribution is -0.122. The fraction of sp³-hybridized carbons (Fsp3) is 0.917. The highest BCUT2D eigenvalue weighted by atomic mass is 16.1. The van der Waals surface area contributed by atoms with Crippen LogP contribution in [-0.4, -0.2) is 37.5 Å². The summed E-state index contributed by atoms with van der Waals surface area (Å²) in [4.78, 5) is 13.9. The van der Waals surface area contributed by atoms with E-state index in [-0.39, 0.29) is 5.91 Å². The Morgan fingerprint density at radius 3 is 2.53 bits per heavy atom. The Bertz CT molecular complexity index is 196. The van der Waals surface area contributed by atoms with Gasteiger partial charge in [0.2, 0.25) is 5.91 Å². The summed E-state index contributed by atoms with van der Waals surface area (Å²) in [6.07, 6.45) is 3.07. The first-order chi connectivity index (χ1) is 7.08. The van der Waals surface area contributed by atoms with E-state index in [1.807, 2.05) is 0 Å². The maximum absolute atomic E-state index is 11.6. The van der Waals surface area contributed by atoms with Crippen LogP contribution >= 0.6 is 0 Å². The third-order valence-corrected chi connectivity index (χ3v) is 3.02. The fourth-order valence-electron chi connectivity index (χ4n) is 1.92. The SMILES string of the molecule is CC(C)CNC(=O)CC1CCN(C)CC1. The average molecular weight is 212 g/mol. The minimum atomic E-state index is 0.234. The fourth-order valence-corrected chi connectivity index (χ4v) is 1.92. The molecule has 3 heteroatoms. The Kier molecular flexibility index (Phi) is 5.09. The quantitative estimate of drug-likeness (QED) is 0.766. The summed E-state index contributed by atoms with van der Waals surface area (Å²) in [6, 6.07) is 0. The topological polar surface area (TPSA) is 32.3 Å². The molecule has 88 valence electrons. The lowest BCUT2D eigenvalue weighted by Gasteiger charge is -2.28. The molecule has 3 nitrogen and oxygen atoms in total. The number of nitrogens with one attached hydrogen (secondary N) is 1. The molecular formula is C12H24N2O. The molecule has 1 N–H and O–H groups in total. The van der Waals surface area contributed by atoms with Crippen LogP contribution in [0.1, 0.15) is 33.1 Å². The van der Waals surface area contributed by atoms with Gasteiger partial charge in [-0.15, -0.1) is 0 Å². The van der Waals surface area contributed by atoms with E-state index in [9.17, 15) is 4.79 Å². The molecule has 0 saturated carbocycles. The Morgan fingerprint density at radius 1 is 1.40 bits per heavy atom. The number of hydrogen-bond acceptors (Lipinski definition) is 2. The van der Waals surface area contributed by atoms with Crippen LogP contribution in [0.25, 0.3) is 0 Å². The van der Waals surface area contributed by atoms with Crippen LogP contribution in [0.5, 0.6) is 0 Å². The monoisotopic (exact) mass is 212 g/mol.